The van der Waals surface area contributed by atoms with E-state index in [9.17, 15) is 10.1 Å². The predicted octanol–water partition coefficient (Wildman–Crippen LogP) is 4.02. The largest absolute Gasteiger partial charge is 0.436 e. The highest BCUT2D eigenvalue weighted by Gasteiger charge is 2.16. The molecule has 0 fully saturated rings. The Kier molecular flexibility index (Phi) is 2.75. The first-order chi connectivity index (χ1) is 9.56. The Balaban J connectivity index is 2.23. The van der Waals surface area contributed by atoms with Crippen molar-refractivity contribution in [1.82, 2.24) is 4.98 Å². The maximum absolute atomic E-state index is 10.9. The van der Waals surface area contributed by atoms with Gasteiger partial charge in [-0.05, 0) is 25.5 Å². The van der Waals surface area contributed by atoms with Gasteiger partial charge in [0.25, 0.3) is 5.69 Å². The monoisotopic (exact) mass is 268 g/mol. The van der Waals surface area contributed by atoms with Gasteiger partial charge >= 0.3 is 0 Å². The molecule has 0 bridgehead atoms. The molecule has 1 heterocycles. The maximum Gasteiger partial charge on any atom is 0.272 e. The fourth-order valence-corrected chi connectivity index (χ4v) is 2.21. The molecule has 0 amide bonds. The average Bonchev–Trinajstić information content (AvgIpc) is 2.83. The molecule has 5 heteroatoms. The van der Waals surface area contributed by atoms with Gasteiger partial charge in [0.15, 0.2) is 5.58 Å². The first kappa shape index (κ1) is 12.3. The van der Waals surface area contributed by atoms with Crippen LogP contribution in [0.25, 0.3) is 22.6 Å². The molecule has 100 valence electrons. The lowest BCUT2D eigenvalue weighted by Crippen LogP contribution is -1.88. The number of hydrogen-bond acceptors (Lipinski definition) is 4. The molecule has 20 heavy (non-hydrogen) atoms. The lowest BCUT2D eigenvalue weighted by molar-refractivity contribution is -0.384. The summed E-state index contributed by atoms with van der Waals surface area (Å²) < 4.78 is 5.77. The Morgan fingerprint density at radius 2 is 1.90 bits per heavy atom. The standard InChI is InChI=1S/C15H12N2O3/c1-9-5-3-4-6-12(9)15-16-13-8-11(17(18)19)7-10(2)14(13)20-15/h3-8H,1-2H3. The van der Waals surface area contributed by atoms with E-state index in [1.54, 1.807) is 6.92 Å². The number of nitro groups is 1. The molecule has 5 nitrogen and oxygen atoms in total. The molecule has 0 aliphatic heterocycles. The van der Waals surface area contributed by atoms with Gasteiger partial charge in [-0.1, -0.05) is 18.2 Å². The van der Waals surface area contributed by atoms with Gasteiger partial charge in [-0.3, -0.25) is 10.1 Å². The molecule has 3 rings (SSSR count). The van der Waals surface area contributed by atoms with Crippen molar-refractivity contribution in [1.29, 1.82) is 0 Å². The van der Waals surface area contributed by atoms with Crippen LogP contribution in [-0.4, -0.2) is 9.91 Å². The quantitative estimate of drug-likeness (QED) is 0.520. The third kappa shape index (κ3) is 1.93. The summed E-state index contributed by atoms with van der Waals surface area (Å²) in [5.41, 5.74) is 3.78. The molecule has 0 atom stereocenters. The molecule has 0 saturated carbocycles. The molecule has 0 aliphatic rings. The third-order valence-corrected chi connectivity index (χ3v) is 3.25. The number of rotatable bonds is 2. The zero-order valence-electron chi connectivity index (χ0n) is 11.1. The highest BCUT2D eigenvalue weighted by Crippen LogP contribution is 2.30. The number of benzene rings is 2. The van der Waals surface area contributed by atoms with Crippen LogP contribution < -0.4 is 0 Å². The van der Waals surface area contributed by atoms with Gasteiger partial charge < -0.3 is 4.42 Å². The Bertz CT molecular complexity index is 821. The van der Waals surface area contributed by atoms with Gasteiger partial charge in [0.05, 0.1) is 4.92 Å². The molecule has 0 unspecified atom stereocenters. The summed E-state index contributed by atoms with van der Waals surface area (Å²) in [7, 11) is 0. The third-order valence-electron chi connectivity index (χ3n) is 3.25. The maximum atomic E-state index is 10.9. The van der Waals surface area contributed by atoms with Crippen LogP contribution in [0.3, 0.4) is 0 Å². The van der Waals surface area contributed by atoms with Crippen molar-refractivity contribution in [2.24, 2.45) is 0 Å². The molecule has 2 aromatic carbocycles. The van der Waals surface area contributed by atoms with Crippen molar-refractivity contribution in [3.8, 4) is 11.5 Å². The van der Waals surface area contributed by atoms with E-state index in [2.05, 4.69) is 4.98 Å². The molecule has 3 aromatic rings. The molecule has 1 aromatic heterocycles. The summed E-state index contributed by atoms with van der Waals surface area (Å²) >= 11 is 0. The van der Waals surface area contributed by atoms with E-state index in [4.69, 9.17) is 4.42 Å². The fourth-order valence-electron chi connectivity index (χ4n) is 2.21. The first-order valence-corrected chi connectivity index (χ1v) is 6.18. The Morgan fingerprint density at radius 1 is 1.15 bits per heavy atom. The van der Waals surface area contributed by atoms with Crippen LogP contribution in [-0.2, 0) is 0 Å². The summed E-state index contributed by atoms with van der Waals surface area (Å²) in [5.74, 6) is 0.488. The molecular weight excluding hydrogens is 256 g/mol. The fraction of sp³-hybridized carbons (Fsp3) is 0.133. The molecule has 0 saturated heterocycles. The van der Waals surface area contributed by atoms with Crippen molar-refractivity contribution in [3.05, 3.63) is 57.6 Å². The minimum absolute atomic E-state index is 0.0274. The topological polar surface area (TPSA) is 69.2 Å². The summed E-state index contributed by atoms with van der Waals surface area (Å²) in [4.78, 5) is 14.8. The van der Waals surface area contributed by atoms with E-state index in [-0.39, 0.29) is 5.69 Å². The number of nitro benzene ring substituents is 1. The van der Waals surface area contributed by atoms with E-state index in [0.717, 1.165) is 11.1 Å². The zero-order chi connectivity index (χ0) is 14.3. The molecule has 0 N–H and O–H groups in total. The van der Waals surface area contributed by atoms with E-state index >= 15 is 0 Å². The van der Waals surface area contributed by atoms with Crippen LogP contribution in [0, 0.1) is 24.0 Å². The van der Waals surface area contributed by atoms with Crippen LogP contribution in [0.4, 0.5) is 5.69 Å². The highest BCUT2D eigenvalue weighted by molar-refractivity contribution is 5.82. The molecular formula is C15H12N2O3. The van der Waals surface area contributed by atoms with Gasteiger partial charge in [0.1, 0.15) is 5.52 Å². The van der Waals surface area contributed by atoms with Crippen LogP contribution >= 0.6 is 0 Å². The van der Waals surface area contributed by atoms with E-state index in [0.29, 0.717) is 22.6 Å². The van der Waals surface area contributed by atoms with Gasteiger partial charge in [0, 0.05) is 23.3 Å². The van der Waals surface area contributed by atoms with Crippen molar-refractivity contribution in [2.45, 2.75) is 13.8 Å². The predicted molar refractivity (Wildman–Crippen MR) is 75.6 cm³/mol. The lowest BCUT2D eigenvalue weighted by Gasteiger charge is -1.98. The summed E-state index contributed by atoms with van der Waals surface area (Å²) in [6.45, 7) is 3.75. The van der Waals surface area contributed by atoms with Crippen LogP contribution in [0.5, 0.6) is 0 Å². The summed E-state index contributed by atoms with van der Waals surface area (Å²) in [5, 5.41) is 10.9. The lowest BCUT2D eigenvalue weighted by atomic mass is 10.1. The van der Waals surface area contributed by atoms with Crippen molar-refractivity contribution < 1.29 is 9.34 Å². The van der Waals surface area contributed by atoms with E-state index in [1.807, 2.05) is 31.2 Å². The summed E-state index contributed by atoms with van der Waals surface area (Å²) in [6.07, 6.45) is 0. The zero-order valence-corrected chi connectivity index (χ0v) is 11.1. The van der Waals surface area contributed by atoms with Gasteiger partial charge in [-0.25, -0.2) is 4.98 Å². The van der Waals surface area contributed by atoms with Crippen molar-refractivity contribution in [2.75, 3.05) is 0 Å². The average molecular weight is 268 g/mol. The SMILES string of the molecule is Cc1ccccc1-c1nc2cc([N+](=O)[O-])cc(C)c2o1. The highest BCUT2D eigenvalue weighted by atomic mass is 16.6. The van der Waals surface area contributed by atoms with Crippen LogP contribution in [0.1, 0.15) is 11.1 Å². The second-order valence-corrected chi connectivity index (χ2v) is 4.70. The van der Waals surface area contributed by atoms with Crippen molar-refractivity contribution >= 4 is 16.8 Å². The number of hydrogen-bond donors (Lipinski definition) is 0. The smallest absolute Gasteiger partial charge is 0.272 e. The van der Waals surface area contributed by atoms with Gasteiger partial charge in [-0.15, -0.1) is 0 Å². The number of oxazole rings is 1. The Morgan fingerprint density at radius 3 is 2.60 bits per heavy atom. The Hall–Kier alpha value is -2.69. The molecule has 0 aliphatic carbocycles. The van der Waals surface area contributed by atoms with Crippen LogP contribution in [0.2, 0.25) is 0 Å². The number of non-ortho nitro benzene ring substituents is 1. The number of aromatic nitrogens is 1. The normalized spacial score (nSPS) is 10.9. The van der Waals surface area contributed by atoms with Gasteiger partial charge in [0.2, 0.25) is 5.89 Å². The first-order valence-electron chi connectivity index (χ1n) is 6.18. The summed E-state index contributed by atoms with van der Waals surface area (Å²) in [6, 6.07) is 10.7. The molecule has 0 radical (unpaired) electrons. The Labute approximate surface area is 115 Å². The van der Waals surface area contributed by atoms with Gasteiger partial charge in [-0.2, -0.15) is 0 Å². The van der Waals surface area contributed by atoms with E-state index < -0.39 is 4.92 Å². The second kappa shape index (κ2) is 4.45. The number of aryl methyl sites for hydroxylation is 2. The minimum Gasteiger partial charge on any atom is -0.436 e. The molecule has 0 spiro atoms. The van der Waals surface area contributed by atoms with E-state index in [1.165, 1.54) is 12.1 Å². The minimum atomic E-state index is -0.422. The van der Waals surface area contributed by atoms with Crippen molar-refractivity contribution in [3.63, 3.8) is 0 Å². The second-order valence-electron chi connectivity index (χ2n) is 4.70. The number of nitrogens with zero attached hydrogens (tertiary/aromatic N) is 2. The van der Waals surface area contributed by atoms with Crippen LogP contribution in [0.15, 0.2) is 40.8 Å². The number of fused-ring (bicyclic) bond motifs is 1.